The molecule has 8 nitrogen and oxygen atoms in total. The Morgan fingerprint density at radius 2 is 1.95 bits per heavy atom. The number of rotatable bonds is 6. The maximum absolute atomic E-state index is 14.9. The van der Waals surface area contributed by atoms with Crippen molar-refractivity contribution in [2.75, 3.05) is 36.4 Å². The first-order valence-corrected chi connectivity index (χ1v) is 12.5. The molecule has 0 spiro atoms. The second-order valence-electron chi connectivity index (χ2n) is 9.53. The van der Waals surface area contributed by atoms with Gasteiger partial charge in [-0.25, -0.2) is 9.37 Å². The van der Waals surface area contributed by atoms with Crippen LogP contribution in [0.4, 0.5) is 21.7 Å². The van der Waals surface area contributed by atoms with Crippen LogP contribution in [0.1, 0.15) is 35.4 Å². The Hall–Kier alpha value is -4.29. The van der Waals surface area contributed by atoms with E-state index >= 15 is 0 Å². The first-order chi connectivity index (χ1) is 18.1. The van der Waals surface area contributed by atoms with Gasteiger partial charge >= 0.3 is 0 Å². The molecule has 2 aliphatic rings. The van der Waals surface area contributed by atoms with Gasteiger partial charge in [-0.3, -0.25) is 9.36 Å². The lowest BCUT2D eigenvalue weighted by molar-refractivity contribution is 0.566. The van der Waals surface area contributed by atoms with E-state index in [1.54, 1.807) is 18.3 Å². The number of nitriles is 1. The van der Waals surface area contributed by atoms with Crippen molar-refractivity contribution < 1.29 is 4.39 Å². The number of pyridine rings is 1. The van der Waals surface area contributed by atoms with Crippen molar-refractivity contribution in [3.63, 3.8) is 0 Å². The Kier molecular flexibility index (Phi) is 6.02. The Morgan fingerprint density at radius 3 is 2.70 bits per heavy atom. The lowest BCUT2D eigenvalue weighted by atomic mass is 10.0. The van der Waals surface area contributed by atoms with Gasteiger partial charge in [0.2, 0.25) is 5.95 Å². The number of anilines is 3. The maximum atomic E-state index is 14.9. The highest BCUT2D eigenvalue weighted by Crippen LogP contribution is 2.41. The molecule has 6 rings (SSSR count). The van der Waals surface area contributed by atoms with Gasteiger partial charge in [-0.15, -0.1) is 0 Å². The predicted molar refractivity (Wildman–Crippen MR) is 141 cm³/mol. The normalized spacial score (nSPS) is 15.5. The third-order valence-electron chi connectivity index (χ3n) is 7.01. The number of nitrogens with zero attached hydrogens (tertiary/aromatic N) is 5. The first-order valence-electron chi connectivity index (χ1n) is 12.5. The van der Waals surface area contributed by atoms with Crippen molar-refractivity contribution in [1.82, 2.24) is 19.9 Å². The Morgan fingerprint density at radius 1 is 1.14 bits per heavy atom. The Balaban J connectivity index is 1.35. The van der Waals surface area contributed by atoms with E-state index in [-0.39, 0.29) is 17.3 Å². The number of halogens is 1. The van der Waals surface area contributed by atoms with Crippen molar-refractivity contribution in [2.24, 2.45) is 0 Å². The molecular weight excluding hydrogens is 469 g/mol. The van der Waals surface area contributed by atoms with E-state index in [4.69, 9.17) is 0 Å². The van der Waals surface area contributed by atoms with Crippen molar-refractivity contribution in [3.05, 3.63) is 87.6 Å². The Labute approximate surface area is 213 Å². The van der Waals surface area contributed by atoms with Gasteiger partial charge in [-0.05, 0) is 54.2 Å². The molecular formula is C28H26FN7O. The van der Waals surface area contributed by atoms with Gasteiger partial charge in [0.25, 0.3) is 5.56 Å². The van der Waals surface area contributed by atoms with E-state index in [0.29, 0.717) is 34.9 Å². The first kappa shape index (κ1) is 23.1. The van der Waals surface area contributed by atoms with Crippen molar-refractivity contribution in [2.45, 2.75) is 25.3 Å². The van der Waals surface area contributed by atoms with Gasteiger partial charge in [0.1, 0.15) is 23.1 Å². The third-order valence-corrected chi connectivity index (χ3v) is 7.01. The van der Waals surface area contributed by atoms with Gasteiger partial charge in [0.05, 0.1) is 12.2 Å². The molecule has 186 valence electrons. The molecule has 3 heterocycles. The molecule has 0 unspecified atom stereocenters. The topological polar surface area (TPSA) is 98.9 Å². The minimum atomic E-state index is -0.392. The number of benzene rings is 2. The van der Waals surface area contributed by atoms with Crippen LogP contribution in [0.25, 0.3) is 11.0 Å². The van der Waals surface area contributed by atoms with Crippen LogP contribution in [-0.4, -0.2) is 40.7 Å². The van der Waals surface area contributed by atoms with Crippen LogP contribution in [0, 0.1) is 17.1 Å². The molecule has 1 aliphatic carbocycles. The Bertz CT molecular complexity index is 1580. The summed E-state index contributed by atoms with van der Waals surface area (Å²) >= 11 is 0. The summed E-state index contributed by atoms with van der Waals surface area (Å²) in [4.78, 5) is 24.2. The van der Waals surface area contributed by atoms with Crippen molar-refractivity contribution >= 4 is 28.4 Å². The lowest BCUT2D eigenvalue weighted by Gasteiger charge is -2.29. The van der Waals surface area contributed by atoms with Crippen LogP contribution in [-0.2, 0) is 6.54 Å². The van der Waals surface area contributed by atoms with Crippen LogP contribution >= 0.6 is 0 Å². The predicted octanol–water partition coefficient (Wildman–Crippen LogP) is 3.88. The minimum Gasteiger partial charge on any atom is -0.367 e. The quantitative estimate of drug-likeness (QED) is 0.419. The zero-order chi connectivity index (χ0) is 25.4. The summed E-state index contributed by atoms with van der Waals surface area (Å²) in [6.07, 6.45) is 3.87. The maximum Gasteiger partial charge on any atom is 0.270 e. The van der Waals surface area contributed by atoms with E-state index in [1.807, 2.05) is 29.2 Å². The summed E-state index contributed by atoms with van der Waals surface area (Å²) in [5.74, 6) is 0.443. The van der Waals surface area contributed by atoms with Crippen LogP contribution in [0.5, 0.6) is 0 Å². The second-order valence-corrected chi connectivity index (χ2v) is 9.53. The molecule has 1 aliphatic heterocycles. The largest absolute Gasteiger partial charge is 0.367 e. The van der Waals surface area contributed by atoms with Crippen molar-refractivity contribution in [1.29, 1.82) is 5.26 Å². The van der Waals surface area contributed by atoms with Gasteiger partial charge < -0.3 is 15.5 Å². The molecule has 2 fully saturated rings. The van der Waals surface area contributed by atoms with Gasteiger partial charge in [-0.2, -0.15) is 10.2 Å². The molecule has 0 radical (unpaired) electrons. The standard InChI is InChI=1S/C28H26FN7O/c29-24-14-22(7-8-25(24)35-11-9-31-10-12-35)33-28-32-16-21-13-20(15-30)27(37)36(26(21)34-28)17-19-3-1-2-4-23(19)18-5-6-18/h1-4,7-8,13-14,16,18,31H,5-6,9-12,17H2,(H,32,33,34). The molecule has 9 heteroatoms. The fraction of sp³-hybridized carbons (Fsp3) is 0.286. The summed E-state index contributed by atoms with van der Waals surface area (Å²) in [6.45, 7) is 3.46. The zero-order valence-corrected chi connectivity index (χ0v) is 20.2. The molecule has 37 heavy (non-hydrogen) atoms. The van der Waals surface area contributed by atoms with Gasteiger partial charge in [-0.1, -0.05) is 24.3 Å². The fourth-order valence-corrected chi connectivity index (χ4v) is 4.96. The number of hydrogen-bond donors (Lipinski definition) is 2. The fourth-order valence-electron chi connectivity index (χ4n) is 4.96. The molecule has 1 saturated heterocycles. The highest BCUT2D eigenvalue weighted by atomic mass is 19.1. The van der Waals surface area contributed by atoms with E-state index in [9.17, 15) is 14.4 Å². The van der Waals surface area contributed by atoms with Crippen LogP contribution < -0.4 is 21.1 Å². The summed E-state index contributed by atoms with van der Waals surface area (Å²) in [6, 6.07) is 16.6. The van der Waals surface area contributed by atoms with Crippen LogP contribution in [0.3, 0.4) is 0 Å². The summed E-state index contributed by atoms with van der Waals surface area (Å²) in [5.41, 5.74) is 3.43. The highest BCUT2D eigenvalue weighted by Gasteiger charge is 2.26. The molecule has 2 aromatic carbocycles. The smallest absolute Gasteiger partial charge is 0.270 e. The lowest BCUT2D eigenvalue weighted by Crippen LogP contribution is -2.43. The second kappa shape index (κ2) is 9.64. The third kappa shape index (κ3) is 4.63. The van der Waals surface area contributed by atoms with Gasteiger partial charge in [0, 0.05) is 43.4 Å². The number of hydrogen-bond acceptors (Lipinski definition) is 7. The molecule has 1 saturated carbocycles. The number of fused-ring (bicyclic) bond motifs is 1. The monoisotopic (exact) mass is 495 g/mol. The van der Waals surface area contributed by atoms with E-state index in [2.05, 4.69) is 26.7 Å². The molecule has 4 aromatic rings. The molecule has 2 N–H and O–H groups in total. The summed E-state index contributed by atoms with van der Waals surface area (Å²) < 4.78 is 16.5. The number of aromatic nitrogens is 3. The zero-order valence-electron chi connectivity index (χ0n) is 20.2. The molecule has 2 aromatic heterocycles. The molecule has 0 amide bonds. The molecule has 0 atom stereocenters. The highest BCUT2D eigenvalue weighted by molar-refractivity contribution is 5.77. The van der Waals surface area contributed by atoms with E-state index in [1.165, 1.54) is 22.3 Å². The minimum absolute atomic E-state index is 0.0475. The van der Waals surface area contributed by atoms with E-state index < -0.39 is 5.56 Å². The van der Waals surface area contributed by atoms with Gasteiger partial charge in [0.15, 0.2) is 0 Å². The number of nitrogens with one attached hydrogen (secondary N) is 2. The van der Waals surface area contributed by atoms with Crippen molar-refractivity contribution in [3.8, 4) is 6.07 Å². The summed E-state index contributed by atoms with van der Waals surface area (Å²) in [5, 5.41) is 16.5. The van der Waals surface area contributed by atoms with E-state index in [0.717, 1.165) is 44.6 Å². The number of piperazine rings is 1. The molecule has 0 bridgehead atoms. The SMILES string of the molecule is N#Cc1cc2cnc(Nc3ccc(N4CCNCC4)c(F)c3)nc2n(Cc2ccccc2C2CC2)c1=O. The van der Waals surface area contributed by atoms with Crippen LogP contribution in [0.15, 0.2) is 59.5 Å². The average molecular weight is 496 g/mol. The summed E-state index contributed by atoms with van der Waals surface area (Å²) in [7, 11) is 0. The average Bonchev–Trinajstić information content (AvgIpc) is 3.77. The van der Waals surface area contributed by atoms with Crippen LogP contribution in [0.2, 0.25) is 0 Å².